The van der Waals surface area contributed by atoms with Gasteiger partial charge >= 0.3 is 13.3 Å². The molecular weight excluding hydrogens is 335 g/mol. The van der Waals surface area contributed by atoms with E-state index < -0.39 is 24.9 Å². The van der Waals surface area contributed by atoms with E-state index in [2.05, 4.69) is 4.98 Å². The van der Waals surface area contributed by atoms with Crippen molar-refractivity contribution in [3.05, 3.63) is 44.0 Å². The van der Waals surface area contributed by atoms with Crippen LogP contribution >= 0.6 is 7.60 Å². The predicted molar refractivity (Wildman–Crippen MR) is 89.4 cm³/mol. The maximum absolute atomic E-state index is 12.8. The van der Waals surface area contributed by atoms with Gasteiger partial charge in [0.15, 0.2) is 0 Å². The van der Waals surface area contributed by atoms with Crippen molar-refractivity contribution in [1.29, 1.82) is 0 Å². The van der Waals surface area contributed by atoms with E-state index >= 15 is 0 Å². The zero-order valence-corrected chi connectivity index (χ0v) is 15.0. The Bertz CT molecular complexity index is 756. The third-order valence-electron chi connectivity index (χ3n) is 3.58. The van der Waals surface area contributed by atoms with Gasteiger partial charge in [-0.15, -0.1) is 0 Å². The van der Waals surface area contributed by atoms with Gasteiger partial charge in [0.05, 0.1) is 32.5 Å². The van der Waals surface area contributed by atoms with Gasteiger partial charge in [-0.2, -0.15) is 0 Å². The third kappa shape index (κ3) is 4.33. The highest BCUT2D eigenvalue weighted by Gasteiger charge is 2.32. The largest absolute Gasteiger partial charge is 0.372 e. The lowest BCUT2D eigenvalue weighted by atomic mass is 10.2. The average Bonchev–Trinajstić information content (AvgIpc) is 2.53. The lowest BCUT2D eigenvalue weighted by molar-refractivity contribution is 0.0646. The van der Waals surface area contributed by atoms with Crippen LogP contribution in [0.2, 0.25) is 0 Å². The second-order valence-corrected chi connectivity index (χ2v) is 7.46. The minimum atomic E-state index is -3.33. The lowest BCUT2D eigenvalue weighted by Gasteiger charge is -2.26. The molecule has 1 aliphatic heterocycles. The highest BCUT2D eigenvalue weighted by molar-refractivity contribution is 7.58. The molecule has 1 aliphatic rings. The van der Waals surface area contributed by atoms with Crippen molar-refractivity contribution in [2.75, 3.05) is 19.8 Å². The highest BCUT2D eigenvalue weighted by atomic mass is 31.2. The van der Waals surface area contributed by atoms with E-state index in [1.807, 2.05) is 0 Å². The number of aromatic amines is 1. The number of aryl methyl sites for hydroxylation is 1. The molecule has 9 heteroatoms. The number of nitrogens with zero attached hydrogens (tertiary/aromatic N) is 1. The summed E-state index contributed by atoms with van der Waals surface area (Å²) >= 11 is 0. The van der Waals surface area contributed by atoms with Crippen LogP contribution in [-0.4, -0.2) is 35.5 Å². The molecular formula is C15H23N2O6P. The van der Waals surface area contributed by atoms with Crippen molar-refractivity contribution in [3.63, 3.8) is 0 Å². The molecule has 8 nitrogen and oxygen atoms in total. The van der Waals surface area contributed by atoms with E-state index in [0.717, 1.165) is 0 Å². The first-order valence-electron chi connectivity index (χ1n) is 7.92. The van der Waals surface area contributed by atoms with Crippen LogP contribution in [0.15, 0.2) is 27.2 Å². The number of H-pyrrole nitrogens is 1. The number of aromatic nitrogens is 2. The van der Waals surface area contributed by atoms with Gasteiger partial charge in [-0.25, -0.2) is 4.79 Å². The molecule has 1 atom stereocenters. The van der Waals surface area contributed by atoms with Crippen LogP contribution in [0.5, 0.6) is 0 Å². The summed E-state index contributed by atoms with van der Waals surface area (Å²) < 4.78 is 30.6. The Morgan fingerprint density at radius 1 is 1.33 bits per heavy atom. The van der Waals surface area contributed by atoms with Crippen molar-refractivity contribution >= 4 is 7.60 Å². The molecule has 1 aromatic heterocycles. The van der Waals surface area contributed by atoms with Crippen molar-refractivity contribution in [3.8, 4) is 0 Å². The summed E-state index contributed by atoms with van der Waals surface area (Å²) in [6.07, 6.45) is 3.18. The van der Waals surface area contributed by atoms with Gasteiger partial charge < -0.3 is 13.8 Å². The summed E-state index contributed by atoms with van der Waals surface area (Å²) in [5.74, 6) is 0. The average molecular weight is 358 g/mol. The third-order valence-corrected chi connectivity index (χ3v) is 5.86. The van der Waals surface area contributed by atoms with Crippen molar-refractivity contribution in [2.24, 2.45) is 0 Å². The number of nitrogens with one attached hydrogen (secondary N) is 1. The first kappa shape index (κ1) is 18.9. The molecule has 1 N–H and O–H groups in total. The SMILES string of the molecule is CCOP(=O)(OCC)C1=CC(Cn2cc(C)c(=O)[nH]c2=O)OCC1. The van der Waals surface area contributed by atoms with Gasteiger partial charge in [-0.05, 0) is 26.8 Å². The minimum Gasteiger partial charge on any atom is -0.372 e. The Morgan fingerprint density at radius 2 is 2.00 bits per heavy atom. The van der Waals surface area contributed by atoms with E-state index in [9.17, 15) is 14.2 Å². The van der Waals surface area contributed by atoms with Gasteiger partial charge in [-0.1, -0.05) is 0 Å². The van der Waals surface area contributed by atoms with Crippen LogP contribution in [0.4, 0.5) is 0 Å². The Balaban J connectivity index is 2.26. The van der Waals surface area contributed by atoms with Crippen molar-refractivity contribution < 1.29 is 18.3 Å². The predicted octanol–water partition coefficient (Wildman–Crippen LogP) is 1.78. The van der Waals surface area contributed by atoms with Crippen LogP contribution in [0.25, 0.3) is 0 Å². The normalized spacial score (nSPS) is 18.5. The molecule has 2 heterocycles. The summed E-state index contributed by atoms with van der Waals surface area (Å²) in [7, 11) is -3.33. The topological polar surface area (TPSA) is 99.6 Å². The minimum absolute atomic E-state index is 0.207. The molecule has 1 aromatic rings. The van der Waals surface area contributed by atoms with Crippen LogP contribution < -0.4 is 11.2 Å². The maximum atomic E-state index is 12.8. The fraction of sp³-hybridized carbons (Fsp3) is 0.600. The first-order chi connectivity index (χ1) is 11.4. The number of rotatable bonds is 7. The molecule has 0 bridgehead atoms. The van der Waals surface area contributed by atoms with Crippen LogP contribution in [0.1, 0.15) is 25.8 Å². The van der Waals surface area contributed by atoms with Gasteiger partial charge in [-0.3, -0.25) is 18.9 Å². The van der Waals surface area contributed by atoms with E-state index in [-0.39, 0.29) is 19.8 Å². The Kier molecular flexibility index (Phi) is 6.34. The second kappa shape index (κ2) is 8.07. The number of hydrogen-bond acceptors (Lipinski definition) is 6. The van der Waals surface area contributed by atoms with Gasteiger partial charge in [0.2, 0.25) is 0 Å². The standard InChI is InChI=1S/C15H23N2O6P/c1-4-22-24(20,23-5-2)13-6-7-21-12(8-13)10-17-9-11(3)14(18)16-15(17)19/h8-9,12H,4-7,10H2,1-3H3,(H,16,18,19). The second-order valence-electron chi connectivity index (χ2n) is 5.37. The fourth-order valence-electron chi connectivity index (χ4n) is 2.49. The zero-order valence-electron chi connectivity index (χ0n) is 14.1. The number of hydrogen-bond donors (Lipinski definition) is 1. The molecule has 0 saturated heterocycles. The van der Waals surface area contributed by atoms with E-state index in [1.54, 1.807) is 26.8 Å². The summed E-state index contributed by atoms with van der Waals surface area (Å²) in [6, 6.07) is 0. The van der Waals surface area contributed by atoms with Crippen LogP contribution in [0, 0.1) is 6.92 Å². The Labute approximate surface area is 140 Å². The monoisotopic (exact) mass is 358 g/mol. The molecule has 0 aliphatic carbocycles. The van der Waals surface area contributed by atoms with Crippen molar-refractivity contribution in [1.82, 2.24) is 9.55 Å². The molecule has 0 radical (unpaired) electrons. The number of ether oxygens (including phenoxy) is 1. The van der Waals surface area contributed by atoms with Gasteiger partial charge in [0.1, 0.15) is 0 Å². The molecule has 1 unspecified atom stereocenters. The zero-order chi connectivity index (χ0) is 17.7. The highest BCUT2D eigenvalue weighted by Crippen LogP contribution is 2.58. The molecule has 24 heavy (non-hydrogen) atoms. The molecule has 2 rings (SSSR count). The summed E-state index contributed by atoms with van der Waals surface area (Å²) in [4.78, 5) is 25.6. The first-order valence-corrected chi connectivity index (χ1v) is 9.46. The molecule has 0 aromatic carbocycles. The molecule has 134 valence electrons. The maximum Gasteiger partial charge on any atom is 0.357 e. The van der Waals surface area contributed by atoms with Crippen molar-refractivity contribution in [2.45, 2.75) is 39.8 Å². The molecule has 0 saturated carbocycles. The Morgan fingerprint density at radius 3 is 2.62 bits per heavy atom. The van der Waals surface area contributed by atoms with Gasteiger partial charge in [0, 0.05) is 23.5 Å². The fourth-order valence-corrected chi connectivity index (χ4v) is 4.29. The smallest absolute Gasteiger partial charge is 0.357 e. The van der Waals surface area contributed by atoms with Gasteiger partial charge in [0.25, 0.3) is 5.56 Å². The molecule has 0 fully saturated rings. The Hall–Kier alpha value is -1.47. The van der Waals surface area contributed by atoms with Crippen LogP contribution in [0.3, 0.4) is 0 Å². The van der Waals surface area contributed by atoms with E-state index in [1.165, 1.54) is 10.8 Å². The summed E-state index contributed by atoms with van der Waals surface area (Å²) in [5.41, 5.74) is -0.481. The van der Waals surface area contributed by atoms with E-state index in [4.69, 9.17) is 13.8 Å². The molecule has 0 spiro atoms. The summed E-state index contributed by atoms with van der Waals surface area (Å²) in [6.45, 7) is 6.25. The summed E-state index contributed by atoms with van der Waals surface area (Å²) in [5, 5.41) is 0.566. The molecule has 0 amide bonds. The quantitative estimate of drug-likeness (QED) is 0.746. The lowest BCUT2D eigenvalue weighted by Crippen LogP contribution is -2.35. The van der Waals surface area contributed by atoms with E-state index in [0.29, 0.717) is 23.9 Å². The van der Waals surface area contributed by atoms with Crippen LogP contribution in [-0.2, 0) is 24.9 Å².